The second kappa shape index (κ2) is 8.26. The van der Waals surface area contributed by atoms with Gasteiger partial charge < -0.3 is 24.3 Å². The number of esters is 1. The molecule has 1 heterocycles. The van der Waals surface area contributed by atoms with E-state index in [4.69, 9.17) is 14.2 Å². The second-order valence-corrected chi connectivity index (χ2v) is 6.32. The van der Waals surface area contributed by atoms with Crippen molar-refractivity contribution in [2.24, 2.45) is 0 Å². The normalized spacial score (nSPS) is 13.0. The first-order valence-corrected chi connectivity index (χ1v) is 8.55. The van der Waals surface area contributed by atoms with Crippen LogP contribution in [0.4, 0.5) is 0 Å². The summed E-state index contributed by atoms with van der Waals surface area (Å²) in [6, 6.07) is 4.80. The van der Waals surface area contributed by atoms with E-state index in [1.807, 2.05) is 0 Å². The number of carbonyl (C=O) groups excluding carboxylic acids is 2. The van der Waals surface area contributed by atoms with Crippen LogP contribution in [0.25, 0.3) is 0 Å². The molecular weight excluding hydrogens is 350 g/mol. The largest absolute Gasteiger partial charge is 0.497 e. The topological polar surface area (TPSA) is 97.9 Å². The zero-order valence-electron chi connectivity index (χ0n) is 16.4. The van der Waals surface area contributed by atoms with Crippen molar-refractivity contribution in [2.75, 3.05) is 14.2 Å². The standard InChI is InChI=1S/C20H25NO6/c1-10-17(12(3)22)11(2)21-18(10)20(24)27-13(4)19(23)15-8-7-14(25-5)9-16(15)26-6/h7-9,12-13,21-22H,1-6H3/t12-,13-/m1/s1. The molecule has 27 heavy (non-hydrogen) atoms. The lowest BCUT2D eigenvalue weighted by atomic mass is 10.0. The first-order valence-electron chi connectivity index (χ1n) is 8.55. The summed E-state index contributed by atoms with van der Waals surface area (Å²) in [7, 11) is 2.97. The lowest BCUT2D eigenvalue weighted by Crippen LogP contribution is -2.25. The van der Waals surface area contributed by atoms with E-state index in [9.17, 15) is 14.7 Å². The van der Waals surface area contributed by atoms with Gasteiger partial charge in [-0.25, -0.2) is 4.79 Å². The number of hydrogen-bond acceptors (Lipinski definition) is 6. The fourth-order valence-corrected chi connectivity index (χ4v) is 3.09. The minimum Gasteiger partial charge on any atom is -0.497 e. The van der Waals surface area contributed by atoms with Crippen LogP contribution in [0.15, 0.2) is 18.2 Å². The van der Waals surface area contributed by atoms with Crippen LogP contribution in [0.2, 0.25) is 0 Å². The molecule has 0 aliphatic heterocycles. The number of Topliss-reactive ketones (excluding diaryl/α,β-unsaturated/α-hetero) is 1. The predicted octanol–water partition coefficient (Wildman–Crippen LogP) is 3.13. The molecule has 2 aromatic rings. The molecule has 7 heteroatoms. The van der Waals surface area contributed by atoms with Crippen molar-refractivity contribution in [3.05, 3.63) is 46.3 Å². The zero-order valence-corrected chi connectivity index (χ0v) is 16.4. The fraction of sp³-hybridized carbons (Fsp3) is 0.400. The number of nitrogens with one attached hydrogen (secondary N) is 1. The van der Waals surface area contributed by atoms with E-state index in [0.717, 1.165) is 0 Å². The van der Waals surface area contributed by atoms with Gasteiger partial charge in [0.1, 0.15) is 17.2 Å². The van der Waals surface area contributed by atoms with Crippen molar-refractivity contribution in [3.8, 4) is 11.5 Å². The number of aromatic amines is 1. The van der Waals surface area contributed by atoms with E-state index in [2.05, 4.69) is 4.98 Å². The highest BCUT2D eigenvalue weighted by molar-refractivity contribution is 6.03. The maximum Gasteiger partial charge on any atom is 0.355 e. The summed E-state index contributed by atoms with van der Waals surface area (Å²) in [4.78, 5) is 28.2. The third-order valence-electron chi connectivity index (χ3n) is 4.44. The Morgan fingerprint density at radius 1 is 1.11 bits per heavy atom. The number of carbonyl (C=O) groups is 2. The Morgan fingerprint density at radius 3 is 2.30 bits per heavy atom. The van der Waals surface area contributed by atoms with Gasteiger partial charge in [0.25, 0.3) is 0 Å². The number of aromatic nitrogens is 1. The second-order valence-electron chi connectivity index (χ2n) is 6.32. The molecule has 0 saturated heterocycles. The summed E-state index contributed by atoms with van der Waals surface area (Å²) < 4.78 is 15.7. The molecule has 7 nitrogen and oxygen atoms in total. The Balaban J connectivity index is 2.22. The van der Waals surface area contributed by atoms with Crippen LogP contribution in [-0.2, 0) is 4.74 Å². The molecular formula is C20H25NO6. The Morgan fingerprint density at radius 2 is 1.78 bits per heavy atom. The molecule has 0 aliphatic carbocycles. The highest BCUT2D eigenvalue weighted by atomic mass is 16.5. The number of aliphatic hydroxyl groups excluding tert-OH is 1. The molecule has 0 radical (unpaired) electrons. The summed E-state index contributed by atoms with van der Waals surface area (Å²) in [5.74, 6) is -0.155. The van der Waals surface area contributed by atoms with Crippen molar-refractivity contribution in [3.63, 3.8) is 0 Å². The van der Waals surface area contributed by atoms with Crippen LogP contribution in [-0.4, -0.2) is 42.2 Å². The Labute approximate surface area is 158 Å². The van der Waals surface area contributed by atoms with Crippen molar-refractivity contribution in [2.45, 2.75) is 39.9 Å². The van der Waals surface area contributed by atoms with E-state index in [1.54, 1.807) is 39.0 Å². The number of aryl methyl sites for hydroxylation is 1. The summed E-state index contributed by atoms with van der Waals surface area (Å²) in [6.45, 7) is 6.62. The van der Waals surface area contributed by atoms with Crippen LogP contribution in [0, 0.1) is 13.8 Å². The van der Waals surface area contributed by atoms with E-state index in [1.165, 1.54) is 21.1 Å². The van der Waals surface area contributed by atoms with E-state index in [0.29, 0.717) is 33.9 Å². The molecule has 0 amide bonds. The highest BCUT2D eigenvalue weighted by Crippen LogP contribution is 2.27. The number of H-pyrrole nitrogens is 1. The molecule has 1 aromatic heterocycles. The van der Waals surface area contributed by atoms with Gasteiger partial charge in [-0.05, 0) is 45.4 Å². The molecule has 0 bridgehead atoms. The Bertz CT molecular complexity index is 852. The molecule has 1 aromatic carbocycles. The highest BCUT2D eigenvalue weighted by Gasteiger charge is 2.26. The molecule has 0 unspecified atom stereocenters. The number of methoxy groups -OCH3 is 2. The predicted molar refractivity (Wildman–Crippen MR) is 99.7 cm³/mol. The zero-order chi connectivity index (χ0) is 20.3. The number of benzene rings is 1. The van der Waals surface area contributed by atoms with Gasteiger partial charge in [0.2, 0.25) is 5.78 Å². The SMILES string of the molecule is COc1ccc(C(=O)[C@@H](C)OC(=O)c2[nH]c(C)c([C@@H](C)O)c2C)c(OC)c1. The maximum absolute atomic E-state index is 12.7. The molecule has 146 valence electrons. The lowest BCUT2D eigenvalue weighted by molar-refractivity contribution is 0.0311. The summed E-state index contributed by atoms with van der Waals surface area (Å²) in [5.41, 5.74) is 2.46. The van der Waals surface area contributed by atoms with Gasteiger partial charge in [0.05, 0.1) is 25.9 Å². The van der Waals surface area contributed by atoms with Crippen LogP contribution in [0.1, 0.15) is 57.6 Å². The smallest absolute Gasteiger partial charge is 0.355 e. The monoisotopic (exact) mass is 375 g/mol. The minimum atomic E-state index is -1.02. The maximum atomic E-state index is 12.7. The van der Waals surface area contributed by atoms with Gasteiger partial charge in [0, 0.05) is 17.3 Å². The Hall–Kier alpha value is -2.80. The number of ketones is 1. The van der Waals surface area contributed by atoms with Crippen LogP contribution >= 0.6 is 0 Å². The van der Waals surface area contributed by atoms with E-state index >= 15 is 0 Å². The average Bonchev–Trinajstić information content (AvgIpc) is 2.94. The quantitative estimate of drug-likeness (QED) is 0.570. The van der Waals surface area contributed by atoms with Crippen molar-refractivity contribution < 1.29 is 28.9 Å². The van der Waals surface area contributed by atoms with Gasteiger partial charge in [-0.3, -0.25) is 4.79 Å². The van der Waals surface area contributed by atoms with Crippen LogP contribution in [0.3, 0.4) is 0 Å². The molecule has 0 saturated carbocycles. The number of rotatable bonds is 7. The van der Waals surface area contributed by atoms with Crippen LogP contribution in [0.5, 0.6) is 11.5 Å². The third-order valence-corrected chi connectivity index (χ3v) is 4.44. The number of ether oxygens (including phenoxy) is 3. The molecule has 0 aliphatic rings. The van der Waals surface area contributed by atoms with Gasteiger partial charge in [-0.1, -0.05) is 0 Å². The fourth-order valence-electron chi connectivity index (χ4n) is 3.09. The molecule has 2 atom stereocenters. The van der Waals surface area contributed by atoms with Gasteiger partial charge in [-0.15, -0.1) is 0 Å². The molecule has 2 rings (SSSR count). The lowest BCUT2D eigenvalue weighted by Gasteiger charge is -2.15. The summed E-state index contributed by atoms with van der Waals surface area (Å²) in [6.07, 6.45) is -1.73. The Kier molecular flexibility index (Phi) is 6.28. The third kappa shape index (κ3) is 4.14. The van der Waals surface area contributed by atoms with Gasteiger partial charge in [-0.2, -0.15) is 0 Å². The summed E-state index contributed by atoms with van der Waals surface area (Å²) in [5, 5.41) is 9.85. The minimum absolute atomic E-state index is 0.227. The van der Waals surface area contributed by atoms with E-state index < -0.39 is 18.2 Å². The molecule has 2 N–H and O–H groups in total. The first kappa shape index (κ1) is 20.5. The molecule has 0 fully saturated rings. The van der Waals surface area contributed by atoms with Crippen molar-refractivity contribution in [1.29, 1.82) is 0 Å². The van der Waals surface area contributed by atoms with Crippen molar-refractivity contribution in [1.82, 2.24) is 4.98 Å². The average molecular weight is 375 g/mol. The summed E-state index contributed by atoms with van der Waals surface area (Å²) >= 11 is 0. The van der Waals surface area contributed by atoms with Gasteiger partial charge >= 0.3 is 5.97 Å². The van der Waals surface area contributed by atoms with Crippen molar-refractivity contribution >= 4 is 11.8 Å². The van der Waals surface area contributed by atoms with Crippen LogP contribution < -0.4 is 9.47 Å². The first-order chi connectivity index (χ1) is 12.7. The van der Waals surface area contributed by atoms with E-state index in [-0.39, 0.29) is 11.5 Å². The van der Waals surface area contributed by atoms with Gasteiger partial charge in [0.15, 0.2) is 6.10 Å². The number of aliphatic hydroxyl groups is 1. The molecule has 0 spiro atoms. The number of hydrogen-bond donors (Lipinski definition) is 2.